The first-order valence-corrected chi connectivity index (χ1v) is 6.91. The molecular formula is C14H29NO. The van der Waals surface area contributed by atoms with E-state index < -0.39 is 5.60 Å². The molecule has 0 aromatic heterocycles. The molecule has 0 aromatic rings. The third-order valence-electron chi connectivity index (χ3n) is 4.37. The topological polar surface area (TPSA) is 23.5 Å². The van der Waals surface area contributed by atoms with Gasteiger partial charge < -0.3 is 10.0 Å². The van der Waals surface area contributed by atoms with E-state index in [9.17, 15) is 5.11 Å². The molecule has 0 radical (unpaired) electrons. The van der Waals surface area contributed by atoms with E-state index in [4.69, 9.17) is 0 Å². The van der Waals surface area contributed by atoms with Crippen molar-refractivity contribution in [2.45, 2.75) is 70.9 Å². The standard InChI is InChI=1S/C14H29NO/c1-5-12-7-9-13(10-8-12)15(4)11-14(3,16)6-2/h12-13,16H,5-11H2,1-4H3. The van der Waals surface area contributed by atoms with Crippen molar-refractivity contribution >= 4 is 0 Å². The highest BCUT2D eigenvalue weighted by atomic mass is 16.3. The highest BCUT2D eigenvalue weighted by Gasteiger charge is 2.27. The normalized spacial score (nSPS) is 30.4. The van der Waals surface area contributed by atoms with Gasteiger partial charge in [0.25, 0.3) is 0 Å². The van der Waals surface area contributed by atoms with Crippen LogP contribution in [-0.2, 0) is 0 Å². The summed E-state index contributed by atoms with van der Waals surface area (Å²) >= 11 is 0. The molecule has 1 aliphatic rings. The van der Waals surface area contributed by atoms with E-state index in [2.05, 4.69) is 25.8 Å². The molecule has 0 bridgehead atoms. The van der Waals surface area contributed by atoms with Crippen molar-refractivity contribution in [1.29, 1.82) is 0 Å². The molecule has 0 amide bonds. The van der Waals surface area contributed by atoms with Gasteiger partial charge in [-0.3, -0.25) is 0 Å². The molecule has 0 aliphatic heterocycles. The van der Waals surface area contributed by atoms with E-state index in [1.54, 1.807) is 0 Å². The highest BCUT2D eigenvalue weighted by Crippen LogP contribution is 2.29. The van der Waals surface area contributed by atoms with Gasteiger partial charge in [0, 0.05) is 12.6 Å². The summed E-state index contributed by atoms with van der Waals surface area (Å²) in [5, 5.41) is 10.1. The lowest BCUT2D eigenvalue weighted by molar-refractivity contribution is 0.00497. The molecule has 1 fully saturated rings. The fraction of sp³-hybridized carbons (Fsp3) is 1.00. The maximum atomic E-state index is 10.1. The number of nitrogens with zero attached hydrogens (tertiary/aromatic N) is 1. The van der Waals surface area contributed by atoms with Crippen molar-refractivity contribution in [3.63, 3.8) is 0 Å². The molecule has 1 rings (SSSR count). The zero-order chi connectivity index (χ0) is 12.2. The van der Waals surface area contributed by atoms with Gasteiger partial charge >= 0.3 is 0 Å². The molecule has 1 saturated carbocycles. The molecule has 1 atom stereocenters. The van der Waals surface area contributed by atoms with Crippen molar-refractivity contribution in [1.82, 2.24) is 4.90 Å². The Bertz CT molecular complexity index is 195. The first kappa shape index (κ1) is 14.0. The second-order valence-electron chi connectivity index (χ2n) is 5.85. The fourth-order valence-corrected chi connectivity index (χ4v) is 2.77. The Labute approximate surface area is 101 Å². The van der Waals surface area contributed by atoms with Crippen LogP contribution in [0.2, 0.25) is 0 Å². The second kappa shape index (κ2) is 6.02. The van der Waals surface area contributed by atoms with Gasteiger partial charge in [-0.2, -0.15) is 0 Å². The third-order valence-corrected chi connectivity index (χ3v) is 4.37. The van der Waals surface area contributed by atoms with Crippen LogP contribution >= 0.6 is 0 Å². The Morgan fingerprint density at radius 3 is 2.19 bits per heavy atom. The van der Waals surface area contributed by atoms with E-state index in [0.29, 0.717) is 6.04 Å². The maximum Gasteiger partial charge on any atom is 0.0743 e. The zero-order valence-corrected chi connectivity index (χ0v) is 11.5. The number of hydrogen-bond donors (Lipinski definition) is 1. The van der Waals surface area contributed by atoms with Crippen LogP contribution in [0.5, 0.6) is 0 Å². The van der Waals surface area contributed by atoms with Crippen LogP contribution in [0.1, 0.15) is 59.3 Å². The van der Waals surface area contributed by atoms with Gasteiger partial charge in [-0.05, 0) is 52.0 Å². The van der Waals surface area contributed by atoms with E-state index in [-0.39, 0.29) is 0 Å². The lowest BCUT2D eigenvalue weighted by Gasteiger charge is -2.37. The molecule has 2 heteroatoms. The van der Waals surface area contributed by atoms with Gasteiger partial charge in [-0.1, -0.05) is 20.3 Å². The van der Waals surface area contributed by atoms with Crippen LogP contribution in [-0.4, -0.2) is 35.2 Å². The predicted molar refractivity (Wildman–Crippen MR) is 69.6 cm³/mol. The lowest BCUT2D eigenvalue weighted by Crippen LogP contribution is -2.44. The summed E-state index contributed by atoms with van der Waals surface area (Å²) in [6.45, 7) is 7.12. The SMILES string of the molecule is CCC1CCC(N(C)CC(C)(O)CC)CC1. The highest BCUT2D eigenvalue weighted by molar-refractivity contribution is 4.82. The largest absolute Gasteiger partial charge is 0.389 e. The van der Waals surface area contributed by atoms with Crippen molar-refractivity contribution < 1.29 is 5.11 Å². The van der Waals surface area contributed by atoms with Crippen LogP contribution < -0.4 is 0 Å². The van der Waals surface area contributed by atoms with Crippen LogP contribution in [0.25, 0.3) is 0 Å². The van der Waals surface area contributed by atoms with Crippen molar-refractivity contribution in [3.8, 4) is 0 Å². The van der Waals surface area contributed by atoms with Crippen molar-refractivity contribution in [2.75, 3.05) is 13.6 Å². The summed E-state index contributed by atoms with van der Waals surface area (Å²) < 4.78 is 0. The summed E-state index contributed by atoms with van der Waals surface area (Å²) in [7, 11) is 2.17. The van der Waals surface area contributed by atoms with Gasteiger partial charge in [0.05, 0.1) is 5.60 Å². The first-order valence-electron chi connectivity index (χ1n) is 6.91. The second-order valence-corrected chi connectivity index (χ2v) is 5.85. The summed E-state index contributed by atoms with van der Waals surface area (Å²) in [6, 6.07) is 0.695. The number of likely N-dealkylation sites (N-methyl/N-ethyl adjacent to an activating group) is 1. The molecule has 0 saturated heterocycles. The molecule has 0 aromatic carbocycles. The molecule has 0 spiro atoms. The minimum atomic E-state index is -0.518. The van der Waals surface area contributed by atoms with Gasteiger partial charge in [-0.15, -0.1) is 0 Å². The molecule has 1 N–H and O–H groups in total. The number of rotatable bonds is 5. The smallest absolute Gasteiger partial charge is 0.0743 e. The number of hydrogen-bond acceptors (Lipinski definition) is 2. The third kappa shape index (κ3) is 4.06. The van der Waals surface area contributed by atoms with Crippen molar-refractivity contribution in [2.24, 2.45) is 5.92 Å². The predicted octanol–water partition coefficient (Wildman–Crippen LogP) is 3.05. The molecular weight excluding hydrogens is 198 g/mol. The summed E-state index contributed by atoms with van der Waals surface area (Å²) in [6.07, 6.45) is 7.55. The van der Waals surface area contributed by atoms with Crippen LogP contribution in [0.4, 0.5) is 0 Å². The summed E-state index contributed by atoms with van der Waals surface area (Å²) in [5.74, 6) is 0.955. The van der Waals surface area contributed by atoms with Gasteiger partial charge in [0.1, 0.15) is 0 Å². The molecule has 1 aliphatic carbocycles. The molecule has 1 unspecified atom stereocenters. The molecule has 0 heterocycles. The minimum absolute atomic E-state index is 0.518. The zero-order valence-electron chi connectivity index (χ0n) is 11.5. The minimum Gasteiger partial charge on any atom is -0.389 e. The Hall–Kier alpha value is -0.0800. The van der Waals surface area contributed by atoms with E-state index in [0.717, 1.165) is 18.9 Å². The van der Waals surface area contributed by atoms with Gasteiger partial charge in [0.2, 0.25) is 0 Å². The summed E-state index contributed by atoms with van der Waals surface area (Å²) in [4.78, 5) is 2.37. The van der Waals surface area contributed by atoms with Crippen LogP contribution in [0.15, 0.2) is 0 Å². The summed E-state index contributed by atoms with van der Waals surface area (Å²) in [5.41, 5.74) is -0.518. The average molecular weight is 227 g/mol. The van der Waals surface area contributed by atoms with E-state index in [1.807, 2.05) is 6.92 Å². The lowest BCUT2D eigenvalue weighted by atomic mass is 9.83. The Kier molecular flexibility index (Phi) is 5.26. The molecule has 2 nitrogen and oxygen atoms in total. The maximum absolute atomic E-state index is 10.1. The Morgan fingerprint density at radius 2 is 1.75 bits per heavy atom. The van der Waals surface area contributed by atoms with Gasteiger partial charge in [-0.25, -0.2) is 0 Å². The van der Waals surface area contributed by atoms with Crippen molar-refractivity contribution in [3.05, 3.63) is 0 Å². The van der Waals surface area contributed by atoms with Gasteiger partial charge in [0.15, 0.2) is 0 Å². The quantitative estimate of drug-likeness (QED) is 0.780. The average Bonchev–Trinajstić information content (AvgIpc) is 2.28. The first-order chi connectivity index (χ1) is 7.48. The van der Waals surface area contributed by atoms with Crippen LogP contribution in [0.3, 0.4) is 0 Å². The van der Waals surface area contributed by atoms with E-state index >= 15 is 0 Å². The van der Waals surface area contributed by atoms with E-state index in [1.165, 1.54) is 32.1 Å². The Balaban J connectivity index is 2.36. The monoisotopic (exact) mass is 227 g/mol. The number of aliphatic hydroxyl groups is 1. The molecule has 16 heavy (non-hydrogen) atoms. The Morgan fingerprint density at radius 1 is 1.19 bits per heavy atom. The molecule has 96 valence electrons. The fourth-order valence-electron chi connectivity index (χ4n) is 2.77. The van der Waals surface area contributed by atoms with Crippen LogP contribution in [0, 0.1) is 5.92 Å².